The van der Waals surface area contributed by atoms with Crippen molar-refractivity contribution in [3.63, 3.8) is 0 Å². The molecule has 3 unspecified atom stereocenters. The molecule has 27 heavy (non-hydrogen) atoms. The highest BCUT2D eigenvalue weighted by atomic mass is 79.9. The number of phenolic OH excluding ortho intramolecular Hbond substituents is 1. The quantitative estimate of drug-likeness (QED) is 0.397. The van der Waals surface area contributed by atoms with Crippen molar-refractivity contribution >= 4 is 50.9 Å². The van der Waals surface area contributed by atoms with Crippen LogP contribution in [0.25, 0.3) is 0 Å². The molecule has 1 aromatic rings. The molecular formula is C19H18BrCl2NO4. The maximum atomic E-state index is 13.2. The topological polar surface area (TPSA) is 66.8 Å². The van der Waals surface area contributed by atoms with Crippen LogP contribution in [0.2, 0.25) is 0 Å². The normalized spacial score (nSPS) is 30.1. The number of para-hydroxylation sites is 1. The average molecular weight is 475 g/mol. The number of nitrogens with zero attached hydrogens (tertiary/aromatic N) is 1. The lowest BCUT2D eigenvalue weighted by atomic mass is 9.68. The average Bonchev–Trinajstić information content (AvgIpc) is 2.80. The van der Waals surface area contributed by atoms with Crippen LogP contribution in [-0.4, -0.2) is 43.6 Å². The van der Waals surface area contributed by atoms with Gasteiger partial charge in [-0.25, -0.2) is 0 Å². The van der Waals surface area contributed by atoms with Gasteiger partial charge in [-0.05, 0) is 25.0 Å². The molecule has 3 atom stereocenters. The van der Waals surface area contributed by atoms with E-state index in [2.05, 4.69) is 22.5 Å². The number of aromatic hydroxyl groups is 1. The highest BCUT2D eigenvalue weighted by Crippen LogP contribution is 2.60. The third-order valence-corrected chi connectivity index (χ3v) is 6.98. The minimum absolute atomic E-state index is 0.0191. The summed E-state index contributed by atoms with van der Waals surface area (Å²) in [7, 11) is 0. The summed E-state index contributed by atoms with van der Waals surface area (Å²) < 4.78 is 5.46. The Bertz CT molecular complexity index is 858. The first-order valence-corrected chi connectivity index (χ1v) is 10.2. The molecule has 1 fully saturated rings. The zero-order valence-electron chi connectivity index (χ0n) is 14.5. The molecular weight excluding hydrogens is 457 g/mol. The van der Waals surface area contributed by atoms with Crippen molar-refractivity contribution in [1.82, 2.24) is 4.90 Å². The van der Waals surface area contributed by atoms with Gasteiger partial charge in [-0.3, -0.25) is 14.5 Å². The zero-order chi connectivity index (χ0) is 20.0. The van der Waals surface area contributed by atoms with Gasteiger partial charge < -0.3 is 9.84 Å². The Kier molecular flexibility index (Phi) is 5.36. The molecule has 1 aromatic carbocycles. The van der Waals surface area contributed by atoms with Crippen molar-refractivity contribution in [2.75, 3.05) is 12.1 Å². The van der Waals surface area contributed by atoms with Crippen molar-refractivity contribution < 1.29 is 19.4 Å². The Balaban J connectivity index is 2.27. The molecule has 3 rings (SSSR count). The van der Waals surface area contributed by atoms with Crippen LogP contribution >= 0.6 is 39.1 Å². The van der Waals surface area contributed by atoms with Gasteiger partial charge in [-0.15, -0.1) is 23.2 Å². The molecule has 1 aliphatic carbocycles. The fourth-order valence-corrected chi connectivity index (χ4v) is 5.10. The van der Waals surface area contributed by atoms with Crippen LogP contribution in [0.3, 0.4) is 0 Å². The smallest absolute Gasteiger partial charge is 0.254 e. The van der Waals surface area contributed by atoms with E-state index in [1.54, 1.807) is 37.3 Å². The van der Waals surface area contributed by atoms with Crippen LogP contribution in [-0.2, 0) is 9.59 Å². The Morgan fingerprint density at radius 3 is 2.70 bits per heavy atom. The first-order chi connectivity index (χ1) is 12.8. The maximum Gasteiger partial charge on any atom is 0.254 e. The molecule has 1 N–H and O–H groups in total. The highest BCUT2D eigenvalue weighted by molar-refractivity contribution is 9.09. The van der Waals surface area contributed by atoms with Crippen molar-refractivity contribution in [2.24, 2.45) is 0 Å². The van der Waals surface area contributed by atoms with E-state index in [0.717, 1.165) is 4.90 Å². The number of imide groups is 1. The molecule has 0 saturated carbocycles. The summed E-state index contributed by atoms with van der Waals surface area (Å²) in [5.41, 5.74) is 0.946. The van der Waals surface area contributed by atoms with Gasteiger partial charge in [-0.2, -0.15) is 0 Å². The summed E-state index contributed by atoms with van der Waals surface area (Å²) in [6.07, 6.45) is 3.38. The molecule has 0 radical (unpaired) electrons. The second-order valence-corrected chi connectivity index (χ2v) is 8.09. The van der Waals surface area contributed by atoms with E-state index < -0.39 is 27.5 Å². The number of carbonyl (C=O) groups excluding carboxylic acids is 2. The number of phenols is 1. The number of hydrogen-bond donors (Lipinski definition) is 1. The lowest BCUT2D eigenvalue weighted by Gasteiger charge is -2.42. The van der Waals surface area contributed by atoms with Crippen LogP contribution in [0.15, 0.2) is 42.5 Å². The van der Waals surface area contributed by atoms with Crippen LogP contribution in [0.5, 0.6) is 11.5 Å². The van der Waals surface area contributed by atoms with Crippen molar-refractivity contribution in [3.05, 3.63) is 48.1 Å². The van der Waals surface area contributed by atoms with E-state index in [-0.39, 0.29) is 23.4 Å². The fourth-order valence-electron chi connectivity index (χ4n) is 3.77. The summed E-state index contributed by atoms with van der Waals surface area (Å²) in [6.45, 7) is 5.94. The number of hydrogen-bond acceptors (Lipinski definition) is 4. The molecule has 0 spiro atoms. The molecule has 0 bridgehead atoms. The van der Waals surface area contributed by atoms with E-state index >= 15 is 0 Å². The Labute approximate surface area is 175 Å². The van der Waals surface area contributed by atoms with Gasteiger partial charge in [-0.1, -0.05) is 46.8 Å². The Hall–Kier alpha value is -1.50. The second-order valence-electron chi connectivity index (χ2n) is 6.34. The number of carbonyl (C=O) groups is 2. The number of alkyl halides is 3. The SMILES string of the molecule is C=CC1=CCC2(Cl)C(=O)N(CBr)C(=O)C2(Cl)C1c1cccc(OCC)c1O. The number of fused-ring (bicyclic) bond motifs is 1. The van der Waals surface area contributed by atoms with Gasteiger partial charge in [0, 0.05) is 11.5 Å². The first-order valence-electron chi connectivity index (χ1n) is 8.35. The molecule has 2 aliphatic rings. The number of ether oxygens (including phenoxy) is 1. The number of benzene rings is 1. The minimum atomic E-state index is -1.81. The molecule has 1 saturated heterocycles. The van der Waals surface area contributed by atoms with E-state index in [9.17, 15) is 14.7 Å². The largest absolute Gasteiger partial charge is 0.504 e. The molecule has 0 aromatic heterocycles. The molecule has 1 aliphatic heterocycles. The van der Waals surface area contributed by atoms with Gasteiger partial charge in [0.25, 0.3) is 11.8 Å². The summed E-state index contributed by atoms with van der Waals surface area (Å²) in [5, 5.41) is 10.8. The van der Waals surface area contributed by atoms with Gasteiger partial charge in [0.2, 0.25) is 0 Å². The van der Waals surface area contributed by atoms with Crippen molar-refractivity contribution in [1.29, 1.82) is 0 Å². The number of halogens is 3. The predicted molar refractivity (Wildman–Crippen MR) is 108 cm³/mol. The van der Waals surface area contributed by atoms with E-state index in [4.69, 9.17) is 27.9 Å². The minimum Gasteiger partial charge on any atom is -0.504 e. The van der Waals surface area contributed by atoms with E-state index in [0.29, 0.717) is 17.7 Å². The first kappa shape index (κ1) is 20.2. The number of allylic oxidation sites excluding steroid dienone is 3. The fraction of sp³-hybridized carbons (Fsp3) is 0.368. The number of amides is 2. The van der Waals surface area contributed by atoms with Gasteiger partial charge in [0.1, 0.15) is 0 Å². The van der Waals surface area contributed by atoms with Crippen molar-refractivity contribution in [3.8, 4) is 11.5 Å². The third kappa shape index (κ3) is 2.64. The van der Waals surface area contributed by atoms with Crippen LogP contribution < -0.4 is 4.74 Å². The lowest BCUT2D eigenvalue weighted by Crippen LogP contribution is -2.54. The van der Waals surface area contributed by atoms with Crippen LogP contribution in [0.4, 0.5) is 0 Å². The predicted octanol–water partition coefficient (Wildman–Crippen LogP) is 4.07. The zero-order valence-corrected chi connectivity index (χ0v) is 17.6. The Morgan fingerprint density at radius 1 is 1.41 bits per heavy atom. The summed E-state index contributed by atoms with van der Waals surface area (Å²) in [5.74, 6) is -1.93. The van der Waals surface area contributed by atoms with Gasteiger partial charge in [0.15, 0.2) is 21.2 Å². The monoisotopic (exact) mass is 473 g/mol. The van der Waals surface area contributed by atoms with Crippen LogP contribution in [0.1, 0.15) is 24.8 Å². The summed E-state index contributed by atoms with van der Waals surface area (Å²) in [4.78, 5) is 23.5. The van der Waals surface area contributed by atoms with Gasteiger partial charge in [0.05, 0.1) is 12.1 Å². The number of rotatable bonds is 5. The highest BCUT2D eigenvalue weighted by Gasteiger charge is 2.72. The summed E-state index contributed by atoms with van der Waals surface area (Å²) >= 11 is 16.8. The van der Waals surface area contributed by atoms with E-state index in [1.165, 1.54) is 0 Å². The molecule has 2 amide bonds. The maximum absolute atomic E-state index is 13.2. The molecule has 144 valence electrons. The second kappa shape index (κ2) is 7.15. The molecule has 5 nitrogen and oxygen atoms in total. The molecule has 8 heteroatoms. The summed E-state index contributed by atoms with van der Waals surface area (Å²) in [6, 6.07) is 4.94. The number of likely N-dealkylation sites (tertiary alicyclic amines) is 1. The Morgan fingerprint density at radius 2 is 2.11 bits per heavy atom. The standard InChI is InChI=1S/C19H18BrCl2NO4/c1-3-11-8-9-18(21)16(25)23(10-20)17(26)19(18,22)14(11)12-6-5-7-13(15(12)24)27-4-2/h3,5-8,14,24H,1,4,9-10H2,2H3. The third-order valence-electron chi connectivity index (χ3n) is 5.06. The van der Waals surface area contributed by atoms with Crippen molar-refractivity contribution in [2.45, 2.75) is 29.0 Å². The van der Waals surface area contributed by atoms with Crippen LogP contribution in [0, 0.1) is 0 Å². The van der Waals surface area contributed by atoms with E-state index in [1.807, 2.05) is 0 Å². The lowest BCUT2D eigenvalue weighted by molar-refractivity contribution is -0.138. The van der Waals surface area contributed by atoms with Gasteiger partial charge >= 0.3 is 0 Å². The molecule has 1 heterocycles.